The van der Waals surface area contributed by atoms with E-state index in [9.17, 15) is 9.59 Å². The number of morpholine rings is 1. The van der Waals surface area contributed by atoms with Crippen molar-refractivity contribution in [2.75, 3.05) is 59.8 Å². The molecule has 0 N–H and O–H groups in total. The molecule has 12 heteroatoms. The van der Waals surface area contributed by atoms with Gasteiger partial charge in [0.1, 0.15) is 5.56 Å². The summed E-state index contributed by atoms with van der Waals surface area (Å²) < 4.78 is 37.3. The molecule has 2 rings (SSSR count). The van der Waals surface area contributed by atoms with Gasteiger partial charge >= 0.3 is 11.9 Å². The highest BCUT2D eigenvalue weighted by Crippen LogP contribution is 2.16. The first-order valence-corrected chi connectivity index (χ1v) is 17.7. The molecule has 0 spiro atoms. The van der Waals surface area contributed by atoms with Gasteiger partial charge in [0.15, 0.2) is 0 Å². The number of esters is 2. The van der Waals surface area contributed by atoms with Crippen molar-refractivity contribution < 1.29 is 42.7 Å². The Morgan fingerprint density at radius 1 is 0.837 bits per heavy atom. The molecule has 0 saturated carbocycles. The molecule has 0 radical (unpaired) electrons. The molecule has 1 saturated heterocycles. The van der Waals surface area contributed by atoms with E-state index in [1.807, 2.05) is 41.5 Å². The Labute approximate surface area is 299 Å². The van der Waals surface area contributed by atoms with Crippen LogP contribution in [0.1, 0.15) is 107 Å². The summed E-state index contributed by atoms with van der Waals surface area (Å²) >= 11 is 0. The average molecular weight is 704 g/mol. The van der Waals surface area contributed by atoms with Gasteiger partial charge in [-0.3, -0.25) is 14.4 Å². The van der Waals surface area contributed by atoms with Crippen LogP contribution >= 0.6 is 0 Å². The fourth-order valence-corrected chi connectivity index (χ4v) is 3.26. The number of ether oxygens (including phenoxy) is 7. The van der Waals surface area contributed by atoms with E-state index in [2.05, 4.69) is 51.2 Å². The molecule has 49 heavy (non-hydrogen) atoms. The van der Waals surface area contributed by atoms with E-state index in [1.165, 1.54) is 11.8 Å². The molecule has 1 aliphatic heterocycles. The van der Waals surface area contributed by atoms with Crippen LogP contribution in [0, 0.1) is 5.92 Å². The van der Waals surface area contributed by atoms with Crippen LogP contribution < -0.4 is 4.74 Å². The minimum absolute atomic E-state index is 0.00704. The highest BCUT2D eigenvalue weighted by Gasteiger charge is 2.18. The fraction of sp³-hybridized carbons (Fsp3) is 0.811. The highest BCUT2D eigenvalue weighted by atomic mass is 16.5. The van der Waals surface area contributed by atoms with Gasteiger partial charge in [0, 0.05) is 39.5 Å². The summed E-state index contributed by atoms with van der Waals surface area (Å²) in [6, 6.07) is 0. The zero-order valence-corrected chi connectivity index (χ0v) is 33.7. The second-order valence-corrected chi connectivity index (χ2v) is 12.8. The maximum atomic E-state index is 11.5. The van der Waals surface area contributed by atoms with Crippen molar-refractivity contribution >= 4 is 11.9 Å². The summed E-state index contributed by atoms with van der Waals surface area (Å²) in [4.78, 5) is 24.6. The van der Waals surface area contributed by atoms with Crippen LogP contribution in [0.2, 0.25) is 0 Å². The first-order chi connectivity index (χ1) is 22.9. The predicted octanol–water partition coefficient (Wildman–Crippen LogP) is 6.75. The number of hydrogen-bond donors (Lipinski definition) is 0. The van der Waals surface area contributed by atoms with Crippen molar-refractivity contribution in [3.8, 4) is 5.88 Å². The van der Waals surface area contributed by atoms with E-state index in [0.29, 0.717) is 30.5 Å². The minimum atomic E-state index is -0.412. The van der Waals surface area contributed by atoms with Gasteiger partial charge in [-0.1, -0.05) is 26.8 Å². The SMILES string of the molecule is C=CCOC(C)C.CC(C)OC(=O)C(C)C.CC(C)OCCN1CCOCC1.CCCOC(C)C.COc1nn(C)cc1C(=O)OC(C)C. The zero-order chi connectivity index (χ0) is 38.4. The first kappa shape index (κ1) is 50.9. The molecule has 0 bridgehead atoms. The van der Waals surface area contributed by atoms with Crippen LogP contribution in [0.15, 0.2) is 18.9 Å². The molecule has 0 amide bonds. The van der Waals surface area contributed by atoms with Crippen molar-refractivity contribution in [3.05, 3.63) is 24.4 Å². The van der Waals surface area contributed by atoms with Gasteiger partial charge < -0.3 is 33.2 Å². The number of aryl methyl sites for hydroxylation is 1. The second-order valence-electron chi connectivity index (χ2n) is 12.8. The predicted molar refractivity (Wildman–Crippen MR) is 197 cm³/mol. The van der Waals surface area contributed by atoms with Gasteiger partial charge in [0.2, 0.25) is 5.88 Å². The van der Waals surface area contributed by atoms with E-state index in [1.54, 1.807) is 33.2 Å². The Balaban J connectivity index is -0.000000557. The maximum absolute atomic E-state index is 11.5. The lowest BCUT2D eigenvalue weighted by Gasteiger charge is -2.26. The minimum Gasteiger partial charge on any atom is -0.479 e. The second kappa shape index (κ2) is 32.7. The summed E-state index contributed by atoms with van der Waals surface area (Å²) in [7, 11) is 3.18. The Morgan fingerprint density at radius 2 is 1.35 bits per heavy atom. The van der Waals surface area contributed by atoms with Crippen molar-refractivity contribution in [2.45, 2.75) is 127 Å². The number of methoxy groups -OCH3 is 1. The lowest BCUT2D eigenvalue weighted by atomic mass is 10.2. The van der Waals surface area contributed by atoms with Crippen LogP contribution in [0.5, 0.6) is 5.88 Å². The normalized spacial score (nSPS) is 12.7. The van der Waals surface area contributed by atoms with Crippen molar-refractivity contribution in [1.82, 2.24) is 14.7 Å². The van der Waals surface area contributed by atoms with Crippen LogP contribution in [0.3, 0.4) is 0 Å². The Hall–Kier alpha value is -2.51. The molecule has 0 unspecified atom stereocenters. The molecule has 2 heterocycles. The van der Waals surface area contributed by atoms with Crippen LogP contribution in [0.4, 0.5) is 0 Å². The number of rotatable bonds is 15. The smallest absolute Gasteiger partial charge is 0.345 e. The van der Waals surface area contributed by atoms with E-state index in [4.69, 9.17) is 33.2 Å². The topological polar surface area (TPSA) is 120 Å². The molecule has 0 aliphatic carbocycles. The molecule has 0 atom stereocenters. The van der Waals surface area contributed by atoms with Gasteiger partial charge in [0.05, 0.1) is 70.0 Å². The molecule has 12 nitrogen and oxygen atoms in total. The van der Waals surface area contributed by atoms with Crippen molar-refractivity contribution in [2.24, 2.45) is 13.0 Å². The van der Waals surface area contributed by atoms with E-state index < -0.39 is 5.97 Å². The average Bonchev–Trinajstić information content (AvgIpc) is 3.41. The Kier molecular flexibility index (Phi) is 33.9. The number of nitrogens with zero attached hydrogens (tertiary/aromatic N) is 3. The van der Waals surface area contributed by atoms with Gasteiger partial charge in [-0.2, -0.15) is 0 Å². The first-order valence-electron chi connectivity index (χ1n) is 17.7. The molecule has 1 aromatic heterocycles. The highest BCUT2D eigenvalue weighted by molar-refractivity contribution is 5.91. The largest absolute Gasteiger partial charge is 0.479 e. The maximum Gasteiger partial charge on any atom is 0.345 e. The van der Waals surface area contributed by atoms with Crippen LogP contribution in [-0.2, 0) is 40.3 Å². The summed E-state index contributed by atoms with van der Waals surface area (Å²) in [6.45, 7) is 36.1. The number of aromatic nitrogens is 2. The third kappa shape index (κ3) is 35.1. The number of carbonyl (C=O) groups is 2. The standard InChI is InChI=1S/C9H14N2O3.C9H19NO2.C7H14O2.C6H14O.C6H12O/c1-6(2)14-9(12)7-5-11(3)10-8(7)13-4;1-9(2)12-8-5-10-3-6-11-7-4-10;1-5(2)7(8)9-6(3)4;2*1-4-5-7-6(2)3/h5-6H,1-4H3;9H,3-8H2,1-2H3;5-6H,1-4H3;6H,4-5H2,1-3H3;4,6H,1,5H2,2-3H3. The monoisotopic (exact) mass is 704 g/mol. The zero-order valence-electron chi connectivity index (χ0n) is 33.7. The fourth-order valence-electron chi connectivity index (χ4n) is 3.26. The van der Waals surface area contributed by atoms with E-state index in [-0.39, 0.29) is 30.0 Å². The van der Waals surface area contributed by atoms with Crippen LogP contribution in [-0.4, -0.2) is 117 Å². The molecule has 0 aromatic carbocycles. The molecule has 1 fully saturated rings. The quantitative estimate of drug-likeness (QED) is 0.143. The number of carbonyl (C=O) groups excluding carboxylic acids is 2. The molecule has 1 aromatic rings. The molecule has 290 valence electrons. The molecular weight excluding hydrogens is 630 g/mol. The third-order valence-electron chi connectivity index (χ3n) is 5.54. The lowest BCUT2D eigenvalue weighted by Crippen LogP contribution is -2.38. The van der Waals surface area contributed by atoms with E-state index in [0.717, 1.165) is 52.5 Å². The lowest BCUT2D eigenvalue weighted by molar-refractivity contribution is -0.151. The van der Waals surface area contributed by atoms with Gasteiger partial charge in [-0.05, 0) is 75.7 Å². The Morgan fingerprint density at radius 3 is 1.69 bits per heavy atom. The summed E-state index contributed by atoms with van der Waals surface area (Å²) in [5, 5.41) is 3.95. The van der Waals surface area contributed by atoms with Crippen molar-refractivity contribution in [1.29, 1.82) is 0 Å². The number of hydrogen-bond acceptors (Lipinski definition) is 11. The van der Waals surface area contributed by atoms with Crippen LogP contribution in [0.25, 0.3) is 0 Å². The van der Waals surface area contributed by atoms with Gasteiger partial charge in [-0.15, -0.1) is 11.7 Å². The summed E-state index contributed by atoms with van der Waals surface area (Å²) in [5.41, 5.74) is 0.351. The van der Waals surface area contributed by atoms with Gasteiger partial charge in [-0.25, -0.2) is 4.79 Å². The van der Waals surface area contributed by atoms with Gasteiger partial charge in [0.25, 0.3) is 0 Å². The third-order valence-corrected chi connectivity index (χ3v) is 5.54. The molecular formula is C37H73N3O9. The Bertz CT molecular complexity index is 926. The van der Waals surface area contributed by atoms with E-state index >= 15 is 0 Å². The summed E-state index contributed by atoms with van der Waals surface area (Å²) in [5.74, 6) is -0.250. The van der Waals surface area contributed by atoms with Crippen molar-refractivity contribution in [3.63, 3.8) is 0 Å². The molecule has 1 aliphatic rings. The summed E-state index contributed by atoms with van der Waals surface area (Å²) in [6.07, 6.45) is 5.40.